The van der Waals surface area contributed by atoms with Crippen molar-refractivity contribution in [3.8, 4) is 17.2 Å². The minimum absolute atomic E-state index is 0.232. The maximum absolute atomic E-state index is 12.4. The monoisotopic (exact) mass is 504 g/mol. The Hall–Kier alpha value is -4.59. The Bertz CT molecular complexity index is 1180. The highest BCUT2D eigenvalue weighted by atomic mass is 16.5. The summed E-state index contributed by atoms with van der Waals surface area (Å²) in [5.74, 6) is 0.164. The molecule has 0 atom stereocenters. The summed E-state index contributed by atoms with van der Waals surface area (Å²) in [4.78, 5) is 35.7. The Morgan fingerprint density at radius 2 is 1.30 bits per heavy atom. The number of hydrogen-bond donors (Lipinski definition) is 0. The van der Waals surface area contributed by atoms with E-state index in [1.807, 2.05) is 24.3 Å². The molecule has 0 N–H and O–H groups in total. The molecule has 3 aromatic carbocycles. The predicted molar refractivity (Wildman–Crippen MR) is 136 cm³/mol. The molecule has 0 aromatic heterocycles. The number of rotatable bonds is 13. The van der Waals surface area contributed by atoms with Crippen LogP contribution >= 0.6 is 0 Å². The van der Waals surface area contributed by atoms with Crippen LogP contribution in [0.25, 0.3) is 0 Å². The molecular weight excluding hydrogens is 476 g/mol. The van der Waals surface area contributed by atoms with E-state index >= 15 is 0 Å². The molecule has 0 spiro atoms. The van der Waals surface area contributed by atoms with Crippen molar-refractivity contribution >= 4 is 17.9 Å². The number of methoxy groups -OCH3 is 1. The summed E-state index contributed by atoms with van der Waals surface area (Å²) in [5.41, 5.74) is 1.73. The summed E-state index contributed by atoms with van der Waals surface area (Å²) in [5, 5.41) is 0. The van der Waals surface area contributed by atoms with Gasteiger partial charge in [0.25, 0.3) is 0 Å². The van der Waals surface area contributed by atoms with E-state index in [1.54, 1.807) is 43.5 Å². The lowest BCUT2D eigenvalue weighted by Gasteiger charge is -2.08. The summed E-state index contributed by atoms with van der Waals surface area (Å²) in [7, 11) is 1.61. The first-order chi connectivity index (χ1) is 18.0. The lowest BCUT2D eigenvalue weighted by molar-refractivity contribution is -0.137. The fraction of sp³-hybridized carbons (Fsp3) is 0.207. The van der Waals surface area contributed by atoms with E-state index in [9.17, 15) is 14.4 Å². The van der Waals surface area contributed by atoms with Gasteiger partial charge in [-0.05, 0) is 66.2 Å². The van der Waals surface area contributed by atoms with Gasteiger partial charge in [-0.1, -0.05) is 18.7 Å². The maximum Gasteiger partial charge on any atom is 0.343 e. The lowest BCUT2D eigenvalue weighted by Crippen LogP contribution is -2.10. The van der Waals surface area contributed by atoms with E-state index in [0.717, 1.165) is 17.4 Å². The van der Waals surface area contributed by atoms with Crippen molar-refractivity contribution in [1.82, 2.24) is 0 Å². The molecule has 3 rings (SSSR count). The van der Waals surface area contributed by atoms with Gasteiger partial charge in [-0.2, -0.15) is 0 Å². The molecule has 0 aliphatic heterocycles. The molecule has 0 saturated carbocycles. The van der Waals surface area contributed by atoms with Gasteiger partial charge in [0.05, 0.1) is 38.1 Å². The Kier molecular flexibility index (Phi) is 10.3. The van der Waals surface area contributed by atoms with Crippen LogP contribution in [-0.4, -0.2) is 44.8 Å². The Labute approximate surface area is 215 Å². The normalized spacial score (nSPS) is 10.2. The van der Waals surface area contributed by atoms with Crippen LogP contribution in [0.3, 0.4) is 0 Å². The van der Waals surface area contributed by atoms with E-state index < -0.39 is 17.9 Å². The molecule has 0 amide bonds. The van der Waals surface area contributed by atoms with Crippen molar-refractivity contribution in [2.45, 2.75) is 12.8 Å². The molecular formula is C29H28O8. The number of carbonyl (C=O) groups is 3. The van der Waals surface area contributed by atoms with Crippen LogP contribution in [0.15, 0.2) is 85.5 Å². The minimum atomic E-state index is -0.544. The van der Waals surface area contributed by atoms with Crippen molar-refractivity contribution in [3.63, 3.8) is 0 Å². The molecule has 0 aliphatic carbocycles. The van der Waals surface area contributed by atoms with Crippen LogP contribution in [0.4, 0.5) is 0 Å². The highest BCUT2D eigenvalue weighted by Gasteiger charge is 2.11. The Balaban J connectivity index is 1.41. The van der Waals surface area contributed by atoms with E-state index in [4.69, 9.17) is 23.7 Å². The Morgan fingerprint density at radius 3 is 1.92 bits per heavy atom. The number of benzene rings is 3. The zero-order chi connectivity index (χ0) is 26.5. The largest absolute Gasteiger partial charge is 0.497 e. The standard InChI is InChI=1S/C29H28O8/c1-3-27(30)35-19-4-18-34-25-13-7-23(8-14-25)29(32)37-26-15-9-22(10-16-26)28(31)36-20-17-21-5-11-24(33-2)12-6-21/h3,5-16H,1,4,17-20H2,2H3. The zero-order valence-corrected chi connectivity index (χ0v) is 20.5. The fourth-order valence-electron chi connectivity index (χ4n) is 3.13. The van der Waals surface area contributed by atoms with Crippen molar-refractivity contribution in [1.29, 1.82) is 0 Å². The van der Waals surface area contributed by atoms with Gasteiger partial charge in [0.1, 0.15) is 17.2 Å². The molecule has 192 valence electrons. The third kappa shape index (κ3) is 8.85. The van der Waals surface area contributed by atoms with Crippen LogP contribution < -0.4 is 14.2 Å². The summed E-state index contributed by atoms with van der Waals surface area (Å²) in [6, 6.07) is 20.2. The van der Waals surface area contributed by atoms with E-state index in [-0.39, 0.29) is 13.2 Å². The van der Waals surface area contributed by atoms with Crippen LogP contribution in [0, 0.1) is 0 Å². The average molecular weight is 505 g/mol. The molecule has 0 aliphatic rings. The third-order valence-corrected chi connectivity index (χ3v) is 5.14. The van der Waals surface area contributed by atoms with Gasteiger partial charge in [0.2, 0.25) is 0 Å². The molecule has 0 bridgehead atoms. The molecule has 0 fully saturated rings. The highest BCUT2D eigenvalue weighted by Crippen LogP contribution is 2.18. The maximum atomic E-state index is 12.4. The Morgan fingerprint density at radius 1 is 0.703 bits per heavy atom. The topological polar surface area (TPSA) is 97.4 Å². The van der Waals surface area contributed by atoms with E-state index in [1.165, 1.54) is 12.1 Å². The van der Waals surface area contributed by atoms with Gasteiger partial charge in [-0.3, -0.25) is 0 Å². The highest BCUT2D eigenvalue weighted by molar-refractivity contribution is 5.92. The quantitative estimate of drug-likeness (QED) is 0.142. The first-order valence-corrected chi connectivity index (χ1v) is 11.6. The van der Waals surface area contributed by atoms with Crippen LogP contribution in [0.5, 0.6) is 17.2 Å². The van der Waals surface area contributed by atoms with Gasteiger partial charge >= 0.3 is 17.9 Å². The van der Waals surface area contributed by atoms with Gasteiger partial charge in [-0.15, -0.1) is 0 Å². The summed E-state index contributed by atoms with van der Waals surface area (Å²) in [6.45, 7) is 4.15. The zero-order valence-electron chi connectivity index (χ0n) is 20.5. The van der Waals surface area contributed by atoms with Gasteiger partial charge < -0.3 is 23.7 Å². The van der Waals surface area contributed by atoms with Crippen molar-refractivity contribution in [2.24, 2.45) is 0 Å². The third-order valence-electron chi connectivity index (χ3n) is 5.14. The molecule has 3 aromatic rings. The van der Waals surface area contributed by atoms with Gasteiger partial charge in [0, 0.05) is 18.9 Å². The summed E-state index contributed by atoms with van der Waals surface area (Å²) >= 11 is 0. The molecule has 8 heteroatoms. The average Bonchev–Trinajstić information content (AvgIpc) is 2.93. The first-order valence-electron chi connectivity index (χ1n) is 11.6. The van der Waals surface area contributed by atoms with E-state index in [2.05, 4.69) is 6.58 Å². The first kappa shape index (κ1) is 27.0. The SMILES string of the molecule is C=CC(=O)OCCCOc1ccc(C(=O)Oc2ccc(C(=O)OCCc3ccc(OC)cc3)cc2)cc1. The second kappa shape index (κ2) is 14.1. The molecule has 0 heterocycles. The number of carbonyl (C=O) groups excluding carboxylic acids is 3. The predicted octanol–water partition coefficient (Wildman–Crippen LogP) is 4.81. The lowest BCUT2D eigenvalue weighted by atomic mass is 10.1. The smallest absolute Gasteiger partial charge is 0.343 e. The molecule has 0 saturated heterocycles. The molecule has 37 heavy (non-hydrogen) atoms. The summed E-state index contributed by atoms with van der Waals surface area (Å²) < 4.78 is 26.3. The number of esters is 3. The molecule has 8 nitrogen and oxygen atoms in total. The van der Waals surface area contributed by atoms with Crippen LogP contribution in [0.2, 0.25) is 0 Å². The minimum Gasteiger partial charge on any atom is -0.497 e. The van der Waals surface area contributed by atoms with Crippen LogP contribution in [0.1, 0.15) is 32.7 Å². The van der Waals surface area contributed by atoms with Crippen molar-refractivity contribution in [2.75, 3.05) is 26.9 Å². The summed E-state index contributed by atoms with van der Waals surface area (Å²) in [6.07, 6.45) is 2.21. The number of ether oxygens (including phenoxy) is 5. The number of hydrogen-bond acceptors (Lipinski definition) is 8. The molecule has 0 unspecified atom stereocenters. The second-order valence-corrected chi connectivity index (χ2v) is 7.75. The second-order valence-electron chi connectivity index (χ2n) is 7.75. The van der Waals surface area contributed by atoms with Crippen LogP contribution in [-0.2, 0) is 20.7 Å². The molecule has 0 radical (unpaired) electrons. The fourth-order valence-corrected chi connectivity index (χ4v) is 3.13. The van der Waals surface area contributed by atoms with Crippen molar-refractivity contribution in [3.05, 3.63) is 102 Å². The van der Waals surface area contributed by atoms with Gasteiger partial charge in [-0.25, -0.2) is 14.4 Å². The van der Waals surface area contributed by atoms with Gasteiger partial charge in [0.15, 0.2) is 0 Å². The van der Waals surface area contributed by atoms with E-state index in [0.29, 0.717) is 42.1 Å². The van der Waals surface area contributed by atoms with Crippen molar-refractivity contribution < 1.29 is 38.1 Å².